The van der Waals surface area contributed by atoms with Crippen molar-refractivity contribution in [2.45, 2.75) is 19.9 Å². The van der Waals surface area contributed by atoms with Crippen molar-refractivity contribution in [3.8, 4) is 0 Å². The normalized spacial score (nSPS) is 16.1. The van der Waals surface area contributed by atoms with Crippen LogP contribution in [0.4, 0.5) is 0 Å². The lowest BCUT2D eigenvalue weighted by molar-refractivity contribution is 0.610. The van der Waals surface area contributed by atoms with Crippen LogP contribution in [0.15, 0.2) is 6.20 Å². The van der Waals surface area contributed by atoms with E-state index in [1.165, 1.54) is 5.69 Å². The topological polar surface area (TPSA) is 37.8 Å². The van der Waals surface area contributed by atoms with Crippen molar-refractivity contribution in [2.75, 3.05) is 6.54 Å². The summed E-state index contributed by atoms with van der Waals surface area (Å²) in [5, 5.41) is 3.26. The van der Waals surface area contributed by atoms with E-state index in [-0.39, 0.29) is 0 Å². The Kier molecular flexibility index (Phi) is 1.58. The molecule has 1 aromatic heterocycles. The van der Waals surface area contributed by atoms with E-state index in [9.17, 15) is 0 Å². The fourth-order valence-electron chi connectivity index (χ4n) is 1.31. The third kappa shape index (κ3) is 1.24. The van der Waals surface area contributed by atoms with Crippen LogP contribution in [0.5, 0.6) is 0 Å². The Morgan fingerprint density at radius 2 is 2.36 bits per heavy atom. The van der Waals surface area contributed by atoms with Crippen LogP contribution in [0.2, 0.25) is 0 Å². The fourth-order valence-corrected chi connectivity index (χ4v) is 1.31. The van der Waals surface area contributed by atoms with Gasteiger partial charge in [0.2, 0.25) is 0 Å². The highest BCUT2D eigenvalue weighted by Crippen LogP contribution is 2.07. The van der Waals surface area contributed by atoms with E-state index in [1.807, 2.05) is 13.1 Å². The van der Waals surface area contributed by atoms with Gasteiger partial charge in [0.15, 0.2) is 0 Å². The largest absolute Gasteiger partial charge is 0.311 e. The van der Waals surface area contributed by atoms with Crippen LogP contribution in [-0.4, -0.2) is 16.5 Å². The Morgan fingerprint density at radius 1 is 1.45 bits per heavy atom. The van der Waals surface area contributed by atoms with Crippen molar-refractivity contribution < 1.29 is 0 Å². The summed E-state index contributed by atoms with van der Waals surface area (Å²) in [4.78, 5) is 8.70. The molecule has 2 rings (SSSR count). The number of nitrogens with one attached hydrogen (secondary N) is 1. The summed E-state index contributed by atoms with van der Waals surface area (Å²) >= 11 is 0. The van der Waals surface area contributed by atoms with Crippen LogP contribution in [-0.2, 0) is 13.0 Å². The molecule has 11 heavy (non-hydrogen) atoms. The molecule has 3 heteroatoms. The monoisotopic (exact) mass is 149 g/mol. The third-order valence-electron chi connectivity index (χ3n) is 1.88. The predicted octanol–water partition coefficient (Wildman–Crippen LogP) is 0.431. The van der Waals surface area contributed by atoms with Crippen molar-refractivity contribution in [3.63, 3.8) is 0 Å². The average molecular weight is 149 g/mol. The lowest BCUT2D eigenvalue weighted by atomic mass is 10.1. The van der Waals surface area contributed by atoms with Gasteiger partial charge in [0, 0.05) is 25.7 Å². The van der Waals surface area contributed by atoms with Crippen molar-refractivity contribution in [3.05, 3.63) is 23.3 Å². The smallest absolute Gasteiger partial charge is 0.0757 e. The van der Waals surface area contributed by atoms with Crippen LogP contribution in [0.1, 0.15) is 17.1 Å². The van der Waals surface area contributed by atoms with E-state index in [0.717, 1.165) is 30.9 Å². The summed E-state index contributed by atoms with van der Waals surface area (Å²) < 4.78 is 0. The molecule has 58 valence electrons. The first-order valence-corrected chi connectivity index (χ1v) is 3.88. The number of aromatic nitrogens is 2. The number of nitrogens with zero attached hydrogens (tertiary/aromatic N) is 2. The molecule has 0 saturated carbocycles. The maximum absolute atomic E-state index is 4.41. The Bertz CT molecular complexity index is 270. The standard InChI is InChI=1S/C8H11N3/c1-6-4-10-8-5-9-3-2-7(8)11-6/h4,9H,2-3,5H2,1H3. The van der Waals surface area contributed by atoms with Gasteiger partial charge in [0.1, 0.15) is 0 Å². The second kappa shape index (κ2) is 2.58. The van der Waals surface area contributed by atoms with Gasteiger partial charge in [-0.1, -0.05) is 0 Å². The molecule has 0 bridgehead atoms. The number of hydrogen-bond acceptors (Lipinski definition) is 3. The highest BCUT2D eigenvalue weighted by Gasteiger charge is 2.09. The number of rotatable bonds is 0. The first-order chi connectivity index (χ1) is 5.36. The molecule has 0 radical (unpaired) electrons. The van der Waals surface area contributed by atoms with Crippen LogP contribution < -0.4 is 5.32 Å². The summed E-state index contributed by atoms with van der Waals surface area (Å²) in [7, 11) is 0. The lowest BCUT2D eigenvalue weighted by Crippen LogP contribution is -2.25. The number of fused-ring (bicyclic) bond motifs is 1. The van der Waals surface area contributed by atoms with Crippen molar-refractivity contribution >= 4 is 0 Å². The van der Waals surface area contributed by atoms with Crippen LogP contribution in [0.25, 0.3) is 0 Å². The average Bonchev–Trinajstić information content (AvgIpc) is 2.04. The summed E-state index contributed by atoms with van der Waals surface area (Å²) in [6, 6.07) is 0. The summed E-state index contributed by atoms with van der Waals surface area (Å²) in [6.07, 6.45) is 2.84. The first-order valence-electron chi connectivity index (χ1n) is 3.88. The van der Waals surface area contributed by atoms with Gasteiger partial charge < -0.3 is 5.32 Å². The second-order valence-corrected chi connectivity index (χ2v) is 2.83. The van der Waals surface area contributed by atoms with E-state index in [1.54, 1.807) is 0 Å². The molecular weight excluding hydrogens is 138 g/mol. The molecule has 1 aromatic rings. The Hall–Kier alpha value is -0.960. The highest BCUT2D eigenvalue weighted by molar-refractivity contribution is 5.15. The molecule has 1 N–H and O–H groups in total. The molecule has 0 fully saturated rings. The van der Waals surface area contributed by atoms with Gasteiger partial charge in [-0.3, -0.25) is 9.97 Å². The molecular formula is C8H11N3. The molecule has 0 spiro atoms. The van der Waals surface area contributed by atoms with E-state index >= 15 is 0 Å². The van der Waals surface area contributed by atoms with Crippen molar-refractivity contribution in [1.82, 2.24) is 15.3 Å². The molecule has 1 aliphatic rings. The summed E-state index contributed by atoms with van der Waals surface area (Å²) in [5.74, 6) is 0. The van der Waals surface area contributed by atoms with Crippen LogP contribution >= 0.6 is 0 Å². The minimum absolute atomic E-state index is 0.878. The zero-order valence-electron chi connectivity index (χ0n) is 6.59. The van der Waals surface area contributed by atoms with Gasteiger partial charge in [0.25, 0.3) is 0 Å². The van der Waals surface area contributed by atoms with Crippen LogP contribution in [0, 0.1) is 6.92 Å². The summed E-state index contributed by atoms with van der Waals surface area (Å²) in [6.45, 7) is 3.89. The molecule has 2 heterocycles. The van der Waals surface area contributed by atoms with E-state index < -0.39 is 0 Å². The first kappa shape index (κ1) is 6.73. The number of aryl methyl sites for hydroxylation is 1. The van der Waals surface area contributed by atoms with Gasteiger partial charge >= 0.3 is 0 Å². The minimum atomic E-state index is 0.878. The molecule has 1 aliphatic heterocycles. The Balaban J connectivity index is 2.43. The quantitative estimate of drug-likeness (QED) is 0.581. The molecule has 0 amide bonds. The van der Waals surface area contributed by atoms with E-state index in [0.29, 0.717) is 0 Å². The molecule has 0 saturated heterocycles. The molecule has 3 nitrogen and oxygen atoms in total. The van der Waals surface area contributed by atoms with Gasteiger partial charge in [-0.25, -0.2) is 0 Å². The maximum Gasteiger partial charge on any atom is 0.0757 e. The predicted molar refractivity (Wildman–Crippen MR) is 42.2 cm³/mol. The zero-order chi connectivity index (χ0) is 7.68. The van der Waals surface area contributed by atoms with Crippen molar-refractivity contribution in [2.24, 2.45) is 0 Å². The Morgan fingerprint density at radius 3 is 3.27 bits per heavy atom. The van der Waals surface area contributed by atoms with Gasteiger partial charge in [-0.05, 0) is 6.92 Å². The molecule has 0 unspecified atom stereocenters. The third-order valence-corrected chi connectivity index (χ3v) is 1.88. The van der Waals surface area contributed by atoms with E-state index in [4.69, 9.17) is 0 Å². The highest BCUT2D eigenvalue weighted by atomic mass is 14.9. The van der Waals surface area contributed by atoms with E-state index in [2.05, 4.69) is 15.3 Å². The second-order valence-electron chi connectivity index (χ2n) is 2.83. The van der Waals surface area contributed by atoms with Gasteiger partial charge in [-0.2, -0.15) is 0 Å². The van der Waals surface area contributed by atoms with Crippen molar-refractivity contribution in [1.29, 1.82) is 0 Å². The summed E-state index contributed by atoms with van der Waals surface area (Å²) in [5.41, 5.74) is 3.30. The number of hydrogen-bond donors (Lipinski definition) is 1. The minimum Gasteiger partial charge on any atom is -0.311 e. The molecule has 0 atom stereocenters. The Labute approximate surface area is 65.9 Å². The zero-order valence-corrected chi connectivity index (χ0v) is 6.59. The van der Waals surface area contributed by atoms with Crippen LogP contribution in [0.3, 0.4) is 0 Å². The fraction of sp³-hybridized carbons (Fsp3) is 0.500. The van der Waals surface area contributed by atoms with Gasteiger partial charge in [0.05, 0.1) is 17.1 Å². The lowest BCUT2D eigenvalue weighted by Gasteiger charge is -2.14. The maximum atomic E-state index is 4.41. The SMILES string of the molecule is Cc1cnc2c(n1)CCNC2. The molecule has 0 aromatic carbocycles. The molecule has 0 aliphatic carbocycles. The van der Waals surface area contributed by atoms with Gasteiger partial charge in [-0.15, -0.1) is 0 Å².